The molecule has 1 atom stereocenters. The smallest absolute Gasteiger partial charge is 0.318 e. The highest BCUT2D eigenvalue weighted by molar-refractivity contribution is 6.47. The number of amidine groups is 2. The number of rotatable bonds is 13. The van der Waals surface area contributed by atoms with Crippen LogP contribution in [0.5, 0.6) is 17.5 Å². The summed E-state index contributed by atoms with van der Waals surface area (Å²) < 4.78 is 6.40. The van der Waals surface area contributed by atoms with Gasteiger partial charge >= 0.3 is 6.01 Å². The number of piperidine rings is 1. The minimum atomic E-state index is -1.05. The van der Waals surface area contributed by atoms with Crippen LogP contribution < -0.4 is 25.2 Å². The normalized spacial score (nSPS) is 17.4. The molecule has 4 aliphatic heterocycles. The van der Waals surface area contributed by atoms with E-state index < -0.39 is 11.7 Å². The van der Waals surface area contributed by atoms with Gasteiger partial charge in [0.1, 0.15) is 23.2 Å². The molecule has 74 heavy (non-hydrogen) atoms. The van der Waals surface area contributed by atoms with Crippen molar-refractivity contribution in [2.45, 2.75) is 64.6 Å². The maximum absolute atomic E-state index is 13.8. The molecule has 4 aromatic carbocycles. The van der Waals surface area contributed by atoms with E-state index in [2.05, 4.69) is 45.5 Å². The number of carbonyl (C=O) groups excluding carboxylic acids is 3. The van der Waals surface area contributed by atoms with E-state index in [1.165, 1.54) is 12.1 Å². The summed E-state index contributed by atoms with van der Waals surface area (Å²) in [4.78, 5) is 60.2. The predicted octanol–water partition coefficient (Wildman–Crippen LogP) is 6.54. The van der Waals surface area contributed by atoms with Crippen LogP contribution in [0.3, 0.4) is 0 Å². The number of carbonyl (C=O) groups is 3. The van der Waals surface area contributed by atoms with E-state index in [1.54, 1.807) is 17.0 Å². The zero-order valence-corrected chi connectivity index (χ0v) is 42.4. The highest BCUT2D eigenvalue weighted by Crippen LogP contribution is 2.39. The molecular weight excluding hydrogens is 960 g/mol. The fourth-order valence-corrected chi connectivity index (χ4v) is 11.0. The van der Waals surface area contributed by atoms with Crippen molar-refractivity contribution in [2.24, 2.45) is 17.6 Å². The standard InChI is InChI=1S/C55H61ClN12O6/c1-4-48(71)67-24-23-65(30-39(67)15-19-57)53-40-18-22-64(45-10-6-8-36-7-5-9-43(56)49(36)45)31-44(40)61-55(62-53)74-32-35-28-66(29-35)54(73)37-16-20-63(21-17-37)27-34-11-13-38(14-12-34)68(51(59)52(60)72)50(58)42-25-41(33(2)3)46(69)26-47(42)70/h4-14,25-26,33,35,37,39,58-59,69-70H,1,15-18,20-24,27-32H2,2-3H3,(H2,60,72)/t39-/m0/s1. The Hall–Kier alpha value is -7.75. The summed E-state index contributed by atoms with van der Waals surface area (Å²) in [6.45, 7) is 13.5. The lowest BCUT2D eigenvalue weighted by atomic mass is 9.91. The minimum absolute atomic E-state index is 0.0338. The molecule has 384 valence electrons. The van der Waals surface area contributed by atoms with E-state index in [9.17, 15) is 29.9 Å². The SMILES string of the molecule is C=CC(=O)N1CCN(c2nc(OCC3CN(C(=O)C4CCN(Cc5ccc(N(C(=N)C(N)=O)C(=N)c6cc(C(C)C)c(O)cc6O)cc5)CC4)C3)nc3c2CCN(c2cccc4cccc(Cl)c24)C3)C[C@@H]1CC#N. The van der Waals surface area contributed by atoms with Crippen LogP contribution in [0.2, 0.25) is 5.02 Å². The van der Waals surface area contributed by atoms with Gasteiger partial charge in [-0.1, -0.05) is 68.4 Å². The number of likely N-dealkylation sites (tertiary alicyclic amines) is 2. The van der Waals surface area contributed by atoms with Gasteiger partial charge in [0.05, 0.1) is 48.0 Å². The van der Waals surface area contributed by atoms with Gasteiger partial charge in [0.2, 0.25) is 11.8 Å². The minimum Gasteiger partial charge on any atom is -0.508 e. The van der Waals surface area contributed by atoms with E-state index in [1.807, 2.05) is 49.1 Å². The highest BCUT2D eigenvalue weighted by atomic mass is 35.5. The van der Waals surface area contributed by atoms with Gasteiger partial charge in [-0.15, -0.1) is 0 Å². The Morgan fingerprint density at radius 3 is 2.38 bits per heavy atom. The Bertz CT molecular complexity index is 3050. The van der Waals surface area contributed by atoms with E-state index >= 15 is 0 Å². The molecule has 5 aromatic rings. The number of hydrogen-bond acceptors (Lipinski definition) is 14. The monoisotopic (exact) mass is 1020 g/mol. The summed E-state index contributed by atoms with van der Waals surface area (Å²) in [5.74, 6) is -1.96. The van der Waals surface area contributed by atoms with Crippen LogP contribution in [0.4, 0.5) is 17.2 Å². The summed E-state index contributed by atoms with van der Waals surface area (Å²) in [6.07, 6.45) is 3.56. The van der Waals surface area contributed by atoms with Crippen LogP contribution in [-0.2, 0) is 33.9 Å². The molecule has 0 saturated carbocycles. The summed E-state index contributed by atoms with van der Waals surface area (Å²) in [5.41, 5.74) is 10.2. The molecule has 9 rings (SSSR count). The quantitative estimate of drug-likeness (QED) is 0.0479. The van der Waals surface area contributed by atoms with Crippen molar-refractivity contribution < 1.29 is 29.3 Å². The third kappa shape index (κ3) is 10.5. The molecular formula is C55H61ClN12O6. The van der Waals surface area contributed by atoms with Gasteiger partial charge in [0.25, 0.3) is 5.91 Å². The average molecular weight is 1020 g/mol. The number of aromatic nitrogens is 2. The number of piperazine rings is 1. The van der Waals surface area contributed by atoms with Crippen molar-refractivity contribution in [1.29, 1.82) is 16.1 Å². The first-order valence-electron chi connectivity index (χ1n) is 25.0. The van der Waals surface area contributed by atoms with E-state index in [-0.39, 0.29) is 70.9 Å². The topological polar surface area (TPSA) is 244 Å². The summed E-state index contributed by atoms with van der Waals surface area (Å²) >= 11 is 6.78. The molecule has 0 radical (unpaired) electrons. The Balaban J connectivity index is 0.815. The van der Waals surface area contributed by atoms with Crippen LogP contribution >= 0.6 is 11.6 Å². The summed E-state index contributed by atoms with van der Waals surface area (Å²) in [5, 5.41) is 50.9. The van der Waals surface area contributed by atoms with Gasteiger partial charge in [-0.25, -0.2) is 0 Å². The lowest BCUT2D eigenvalue weighted by molar-refractivity contribution is -0.144. The van der Waals surface area contributed by atoms with E-state index in [0.717, 1.165) is 63.2 Å². The number of nitrogens with zero attached hydrogens (tertiary/aromatic N) is 9. The van der Waals surface area contributed by atoms with Crippen LogP contribution in [0.1, 0.15) is 67.0 Å². The molecule has 0 bridgehead atoms. The molecule has 5 heterocycles. The molecule has 0 spiro atoms. The molecule has 1 aromatic heterocycles. The summed E-state index contributed by atoms with van der Waals surface area (Å²) in [7, 11) is 0. The Labute approximate surface area is 435 Å². The van der Waals surface area contributed by atoms with Gasteiger partial charge < -0.3 is 40.3 Å². The van der Waals surface area contributed by atoms with E-state index in [4.69, 9.17) is 42.9 Å². The van der Waals surface area contributed by atoms with Gasteiger partial charge in [-0.3, -0.25) is 35.0 Å². The Morgan fingerprint density at radius 1 is 0.959 bits per heavy atom. The number of phenols is 2. The largest absolute Gasteiger partial charge is 0.508 e. The molecule has 6 N–H and O–H groups in total. The number of fused-ring (bicyclic) bond motifs is 2. The number of halogens is 1. The molecule has 19 heteroatoms. The summed E-state index contributed by atoms with van der Waals surface area (Å²) in [6, 6.07) is 24.0. The van der Waals surface area contributed by atoms with Crippen molar-refractivity contribution in [3.63, 3.8) is 0 Å². The van der Waals surface area contributed by atoms with Crippen LogP contribution in [0.25, 0.3) is 10.8 Å². The van der Waals surface area contributed by atoms with Crippen LogP contribution in [0.15, 0.2) is 85.5 Å². The van der Waals surface area contributed by atoms with Gasteiger partial charge in [-0.05, 0) is 91.2 Å². The van der Waals surface area contributed by atoms with Crippen LogP contribution in [0, 0.1) is 34.0 Å². The number of aromatic hydroxyl groups is 2. The number of nitrogens with one attached hydrogen (secondary N) is 2. The maximum Gasteiger partial charge on any atom is 0.318 e. The van der Waals surface area contributed by atoms with E-state index in [0.29, 0.717) is 94.5 Å². The third-order valence-electron chi connectivity index (χ3n) is 14.7. The molecule has 3 saturated heterocycles. The third-order valence-corrected chi connectivity index (χ3v) is 15.0. The fraction of sp³-hybridized carbons (Fsp3) is 0.382. The molecule has 3 amide bonds. The van der Waals surface area contributed by atoms with Crippen molar-refractivity contribution >= 4 is 69.0 Å². The molecule has 0 unspecified atom stereocenters. The molecule has 4 aliphatic rings. The number of anilines is 3. The number of nitrogens with two attached hydrogens (primary N) is 1. The second-order valence-corrected chi connectivity index (χ2v) is 20.3. The fourth-order valence-electron chi connectivity index (χ4n) is 10.7. The first kappa shape index (κ1) is 51.2. The van der Waals surface area contributed by atoms with Crippen LogP contribution in [-0.4, -0.2) is 129 Å². The maximum atomic E-state index is 13.8. The van der Waals surface area contributed by atoms with Gasteiger partial charge in [-0.2, -0.15) is 15.2 Å². The Kier molecular flexibility index (Phi) is 15.0. The number of nitriles is 1. The van der Waals surface area contributed by atoms with Crippen molar-refractivity contribution in [3.8, 4) is 23.6 Å². The second kappa shape index (κ2) is 21.8. The Morgan fingerprint density at radius 2 is 1.69 bits per heavy atom. The number of amides is 3. The van der Waals surface area contributed by atoms with Gasteiger partial charge in [0, 0.05) is 86.0 Å². The zero-order valence-electron chi connectivity index (χ0n) is 41.6. The first-order chi connectivity index (χ1) is 35.6. The van der Waals surface area contributed by atoms with Crippen molar-refractivity contribution in [3.05, 3.63) is 118 Å². The van der Waals surface area contributed by atoms with Crippen molar-refractivity contribution in [2.75, 3.05) is 73.7 Å². The number of ether oxygens (including phenoxy) is 1. The van der Waals surface area contributed by atoms with Gasteiger partial charge in [0.15, 0.2) is 5.84 Å². The number of benzene rings is 4. The zero-order chi connectivity index (χ0) is 52.4. The average Bonchev–Trinajstić information content (AvgIpc) is 3.38. The molecule has 18 nitrogen and oxygen atoms in total. The molecule has 3 fully saturated rings. The lowest BCUT2D eigenvalue weighted by Gasteiger charge is -2.43. The highest BCUT2D eigenvalue weighted by Gasteiger charge is 2.38. The molecule has 0 aliphatic carbocycles. The number of hydrogen-bond donors (Lipinski definition) is 5. The second-order valence-electron chi connectivity index (χ2n) is 19.9. The number of phenolic OH excluding ortho intramolecular Hbond substituents is 2. The lowest BCUT2D eigenvalue weighted by Crippen LogP contribution is -2.55. The van der Waals surface area contributed by atoms with Crippen molar-refractivity contribution in [1.82, 2.24) is 24.7 Å². The first-order valence-corrected chi connectivity index (χ1v) is 25.4. The number of primary amides is 1. The predicted molar refractivity (Wildman–Crippen MR) is 284 cm³/mol.